The lowest BCUT2D eigenvalue weighted by molar-refractivity contribution is -0.122. The minimum absolute atomic E-state index is 0. The monoisotopic (exact) mass is 314 g/mol. The highest BCUT2D eigenvalue weighted by atomic mass is 35.5. The quantitative estimate of drug-likeness (QED) is 0.848. The van der Waals surface area contributed by atoms with Crippen molar-refractivity contribution in [2.45, 2.75) is 44.6 Å². The van der Waals surface area contributed by atoms with Crippen LogP contribution in [0.1, 0.15) is 38.7 Å². The smallest absolute Gasteiger partial charge is 0.236 e. The number of hydrogen-bond donors (Lipinski definition) is 2. The van der Waals surface area contributed by atoms with E-state index in [1.54, 1.807) is 12.1 Å². The van der Waals surface area contributed by atoms with Crippen LogP contribution < -0.4 is 11.1 Å². The molecular formula is C16H24ClFN2O. The topological polar surface area (TPSA) is 55.1 Å². The number of hydrogen-bond acceptors (Lipinski definition) is 2. The summed E-state index contributed by atoms with van der Waals surface area (Å²) in [5, 5.41) is 2.92. The molecule has 1 aromatic carbocycles. The summed E-state index contributed by atoms with van der Waals surface area (Å²) in [6.07, 6.45) is 2.64. The van der Waals surface area contributed by atoms with Crippen LogP contribution in [-0.4, -0.2) is 18.5 Å². The van der Waals surface area contributed by atoms with Crippen LogP contribution in [-0.2, 0) is 10.2 Å². The van der Waals surface area contributed by atoms with Gasteiger partial charge in [-0.1, -0.05) is 26.0 Å². The van der Waals surface area contributed by atoms with Gasteiger partial charge in [-0.25, -0.2) is 4.39 Å². The molecule has 1 aliphatic carbocycles. The zero-order valence-corrected chi connectivity index (χ0v) is 13.4. The number of benzene rings is 1. The van der Waals surface area contributed by atoms with E-state index >= 15 is 0 Å². The fourth-order valence-electron chi connectivity index (χ4n) is 2.54. The number of nitrogens with one attached hydrogen (secondary N) is 1. The molecule has 0 heterocycles. The molecule has 1 amide bonds. The van der Waals surface area contributed by atoms with Crippen molar-refractivity contribution in [3.63, 3.8) is 0 Å². The average Bonchev–Trinajstić information content (AvgIpc) is 3.16. The lowest BCUT2D eigenvalue weighted by Gasteiger charge is -2.19. The molecule has 3 nitrogen and oxygen atoms in total. The maximum Gasteiger partial charge on any atom is 0.236 e. The fraction of sp³-hybridized carbons (Fsp3) is 0.562. The third kappa shape index (κ3) is 4.68. The van der Waals surface area contributed by atoms with E-state index in [1.165, 1.54) is 6.07 Å². The Balaban J connectivity index is 0.00000220. The summed E-state index contributed by atoms with van der Waals surface area (Å²) in [6, 6.07) is 6.19. The minimum Gasteiger partial charge on any atom is -0.354 e. The highest BCUT2D eigenvalue weighted by Crippen LogP contribution is 2.47. The Hall–Kier alpha value is -1.13. The number of nitrogens with two attached hydrogens (primary N) is 1. The molecule has 21 heavy (non-hydrogen) atoms. The molecule has 0 aromatic heterocycles. The average molecular weight is 315 g/mol. The number of rotatable bonds is 6. The molecule has 0 bridgehead atoms. The van der Waals surface area contributed by atoms with Crippen LogP contribution in [0.2, 0.25) is 0 Å². The molecule has 118 valence electrons. The molecule has 0 radical (unpaired) electrons. The molecule has 0 saturated heterocycles. The summed E-state index contributed by atoms with van der Waals surface area (Å²) in [4.78, 5) is 11.9. The molecule has 0 aliphatic heterocycles. The molecule has 1 fully saturated rings. The van der Waals surface area contributed by atoms with Crippen molar-refractivity contribution >= 4 is 18.3 Å². The van der Waals surface area contributed by atoms with Gasteiger partial charge in [-0.05, 0) is 42.9 Å². The van der Waals surface area contributed by atoms with Gasteiger partial charge < -0.3 is 11.1 Å². The van der Waals surface area contributed by atoms with E-state index in [9.17, 15) is 9.18 Å². The molecule has 1 saturated carbocycles. The van der Waals surface area contributed by atoms with Crippen LogP contribution in [0.25, 0.3) is 0 Å². The zero-order chi connectivity index (χ0) is 14.8. The van der Waals surface area contributed by atoms with Gasteiger partial charge in [0.2, 0.25) is 5.91 Å². The van der Waals surface area contributed by atoms with Gasteiger partial charge in [0.15, 0.2) is 0 Å². The summed E-state index contributed by atoms with van der Waals surface area (Å²) in [7, 11) is 0. The Morgan fingerprint density at radius 1 is 1.43 bits per heavy atom. The molecule has 2 rings (SSSR count). The molecule has 0 unspecified atom stereocenters. The first-order valence-electron chi connectivity index (χ1n) is 7.22. The van der Waals surface area contributed by atoms with Crippen LogP contribution in [0.4, 0.5) is 4.39 Å². The number of halogens is 2. The largest absolute Gasteiger partial charge is 0.354 e. The molecular weight excluding hydrogens is 291 g/mol. The molecule has 1 aromatic rings. The van der Waals surface area contributed by atoms with Gasteiger partial charge in [0.1, 0.15) is 5.82 Å². The molecule has 0 spiro atoms. The summed E-state index contributed by atoms with van der Waals surface area (Å²) in [5.74, 6) is 0.0619. The Labute approximate surface area is 131 Å². The molecule has 3 N–H and O–H groups in total. The summed E-state index contributed by atoms with van der Waals surface area (Å²) in [6.45, 7) is 4.63. The van der Waals surface area contributed by atoms with Crippen molar-refractivity contribution in [1.29, 1.82) is 0 Å². The van der Waals surface area contributed by atoms with E-state index in [4.69, 9.17) is 5.73 Å². The first-order chi connectivity index (χ1) is 9.43. The van der Waals surface area contributed by atoms with Gasteiger partial charge in [0.25, 0.3) is 0 Å². The Morgan fingerprint density at radius 2 is 2.10 bits per heavy atom. The highest BCUT2D eigenvalue weighted by Gasteiger charge is 2.44. The predicted molar refractivity (Wildman–Crippen MR) is 85.0 cm³/mol. The van der Waals surface area contributed by atoms with E-state index in [-0.39, 0.29) is 29.5 Å². The van der Waals surface area contributed by atoms with Gasteiger partial charge >= 0.3 is 0 Å². The van der Waals surface area contributed by atoms with Crippen LogP contribution in [0.3, 0.4) is 0 Å². The normalized spacial score (nSPS) is 17.0. The van der Waals surface area contributed by atoms with Gasteiger partial charge in [0, 0.05) is 12.0 Å². The maximum absolute atomic E-state index is 13.3. The number of amides is 1. The van der Waals surface area contributed by atoms with Crippen molar-refractivity contribution in [3.05, 3.63) is 35.6 Å². The van der Waals surface area contributed by atoms with Gasteiger partial charge in [-0.15, -0.1) is 12.4 Å². The van der Waals surface area contributed by atoms with Crippen molar-refractivity contribution in [3.8, 4) is 0 Å². The molecule has 5 heteroatoms. The van der Waals surface area contributed by atoms with Gasteiger partial charge in [-0.3, -0.25) is 4.79 Å². The summed E-state index contributed by atoms with van der Waals surface area (Å²) >= 11 is 0. The van der Waals surface area contributed by atoms with E-state index < -0.39 is 6.04 Å². The first kappa shape index (κ1) is 17.9. The highest BCUT2D eigenvalue weighted by molar-refractivity contribution is 5.85. The van der Waals surface area contributed by atoms with Gasteiger partial charge in [0.05, 0.1) is 6.04 Å². The van der Waals surface area contributed by atoms with Crippen molar-refractivity contribution in [1.82, 2.24) is 5.32 Å². The summed E-state index contributed by atoms with van der Waals surface area (Å²) in [5.41, 5.74) is 6.74. The third-order valence-corrected chi connectivity index (χ3v) is 3.95. The molecule has 1 aliphatic rings. The van der Waals surface area contributed by atoms with Gasteiger partial charge in [-0.2, -0.15) is 0 Å². The second-order valence-corrected chi connectivity index (χ2v) is 6.24. The maximum atomic E-state index is 13.3. The second-order valence-electron chi connectivity index (χ2n) is 6.24. The zero-order valence-electron chi connectivity index (χ0n) is 12.6. The summed E-state index contributed by atoms with van der Waals surface area (Å²) < 4.78 is 13.3. The Kier molecular flexibility index (Phi) is 6.17. The van der Waals surface area contributed by atoms with Crippen LogP contribution in [0.15, 0.2) is 24.3 Å². The Bertz CT molecular complexity index is 489. The van der Waals surface area contributed by atoms with Crippen molar-refractivity contribution in [2.75, 3.05) is 6.54 Å². The van der Waals surface area contributed by atoms with Crippen LogP contribution in [0.5, 0.6) is 0 Å². The van der Waals surface area contributed by atoms with E-state index in [0.29, 0.717) is 18.9 Å². The van der Waals surface area contributed by atoms with E-state index in [1.807, 2.05) is 19.9 Å². The third-order valence-electron chi connectivity index (χ3n) is 3.95. The van der Waals surface area contributed by atoms with Crippen LogP contribution in [0, 0.1) is 11.7 Å². The number of carbonyl (C=O) groups excluding carboxylic acids is 1. The van der Waals surface area contributed by atoms with Crippen molar-refractivity contribution < 1.29 is 9.18 Å². The predicted octanol–water partition coefficient (Wildman–Crippen LogP) is 2.77. The standard InChI is InChI=1S/C16H23FN2O.ClH/c1-11(2)8-14(18)15(20)19-10-16(6-7-16)12-4-3-5-13(17)9-12;/h3-5,9,11,14H,6-8,10,18H2,1-2H3,(H,19,20);1H/t14-;/m0./s1. The van der Waals surface area contributed by atoms with E-state index in [2.05, 4.69) is 5.32 Å². The number of carbonyl (C=O) groups is 1. The fourth-order valence-corrected chi connectivity index (χ4v) is 2.54. The molecule has 1 atom stereocenters. The minimum atomic E-state index is -0.460. The van der Waals surface area contributed by atoms with Crippen molar-refractivity contribution in [2.24, 2.45) is 11.7 Å². The first-order valence-corrected chi connectivity index (χ1v) is 7.22. The van der Waals surface area contributed by atoms with Crippen LogP contribution >= 0.6 is 12.4 Å². The second kappa shape index (κ2) is 7.23. The SMILES string of the molecule is CC(C)C[C@H](N)C(=O)NCC1(c2cccc(F)c2)CC1.Cl. The Morgan fingerprint density at radius 3 is 2.62 bits per heavy atom. The lowest BCUT2D eigenvalue weighted by atomic mass is 9.95. The van der Waals surface area contributed by atoms with E-state index in [0.717, 1.165) is 18.4 Å². The lowest BCUT2D eigenvalue weighted by Crippen LogP contribution is -2.44.